The number of thiazole rings is 1. The van der Waals surface area contributed by atoms with Crippen LogP contribution in [-0.2, 0) is 6.54 Å². The van der Waals surface area contributed by atoms with Crippen LogP contribution in [0.5, 0.6) is 0 Å². The molecule has 0 saturated carbocycles. The van der Waals surface area contributed by atoms with Gasteiger partial charge in [0.1, 0.15) is 5.01 Å². The summed E-state index contributed by atoms with van der Waals surface area (Å²) in [5.74, 6) is 0. The van der Waals surface area contributed by atoms with Gasteiger partial charge in [-0.05, 0) is 32.7 Å². The molecule has 94 valence electrons. The Balaban J connectivity index is 1.71. The van der Waals surface area contributed by atoms with Crippen LogP contribution in [0.25, 0.3) is 0 Å². The second-order valence-corrected chi connectivity index (χ2v) is 6.27. The van der Waals surface area contributed by atoms with Crippen molar-refractivity contribution < 1.29 is 0 Å². The molecule has 3 heterocycles. The molecule has 0 aliphatic carbocycles. The average molecular weight is 251 g/mol. The van der Waals surface area contributed by atoms with Crippen molar-refractivity contribution >= 4 is 11.3 Å². The highest BCUT2D eigenvalue weighted by Crippen LogP contribution is 2.35. The molecule has 0 amide bonds. The van der Waals surface area contributed by atoms with Crippen LogP contribution in [0.3, 0.4) is 0 Å². The minimum absolute atomic E-state index is 0.734. The van der Waals surface area contributed by atoms with Crippen molar-refractivity contribution in [1.82, 2.24) is 15.2 Å². The average Bonchev–Trinajstić information content (AvgIpc) is 2.81. The molecule has 2 unspecified atom stereocenters. The molecular formula is C13H21N3S. The van der Waals surface area contributed by atoms with Gasteiger partial charge in [-0.1, -0.05) is 6.42 Å². The smallest absolute Gasteiger partial charge is 0.107 e. The maximum atomic E-state index is 4.44. The van der Waals surface area contributed by atoms with E-state index in [2.05, 4.69) is 27.6 Å². The lowest BCUT2D eigenvalue weighted by Gasteiger charge is -2.48. The Morgan fingerprint density at radius 1 is 1.41 bits per heavy atom. The molecule has 2 saturated heterocycles. The van der Waals surface area contributed by atoms with Gasteiger partial charge >= 0.3 is 0 Å². The highest BCUT2D eigenvalue weighted by Gasteiger charge is 2.37. The molecule has 4 heteroatoms. The second-order valence-electron chi connectivity index (χ2n) is 5.29. The zero-order valence-corrected chi connectivity index (χ0v) is 11.2. The topological polar surface area (TPSA) is 28.2 Å². The number of piperidine rings is 2. The lowest BCUT2D eigenvalue weighted by Crippen LogP contribution is -2.55. The molecule has 0 aromatic carbocycles. The summed E-state index contributed by atoms with van der Waals surface area (Å²) in [5.41, 5.74) is 0. The first kappa shape index (κ1) is 11.6. The van der Waals surface area contributed by atoms with Crippen LogP contribution in [0.1, 0.15) is 37.1 Å². The van der Waals surface area contributed by atoms with E-state index in [4.69, 9.17) is 0 Å². The van der Waals surface area contributed by atoms with Crippen LogP contribution in [0.4, 0.5) is 0 Å². The predicted octanol–water partition coefficient (Wildman–Crippen LogP) is 2.25. The Morgan fingerprint density at radius 3 is 2.76 bits per heavy atom. The maximum absolute atomic E-state index is 4.44. The van der Waals surface area contributed by atoms with E-state index < -0.39 is 0 Å². The van der Waals surface area contributed by atoms with Crippen LogP contribution in [0, 0.1) is 0 Å². The summed E-state index contributed by atoms with van der Waals surface area (Å²) in [7, 11) is 2.11. The Kier molecular flexibility index (Phi) is 3.45. The largest absolute Gasteiger partial charge is 0.317 e. The van der Waals surface area contributed by atoms with E-state index in [1.807, 2.05) is 6.20 Å². The van der Waals surface area contributed by atoms with Crippen LogP contribution in [0.15, 0.2) is 11.6 Å². The Labute approximate surface area is 107 Å². The molecule has 2 aliphatic heterocycles. The Morgan fingerprint density at radius 2 is 2.18 bits per heavy atom. The number of nitrogens with zero attached hydrogens (tertiary/aromatic N) is 2. The van der Waals surface area contributed by atoms with Gasteiger partial charge in [0.15, 0.2) is 0 Å². The van der Waals surface area contributed by atoms with Gasteiger partial charge in [0.2, 0.25) is 0 Å². The third-order valence-corrected chi connectivity index (χ3v) is 5.10. The molecule has 2 aliphatic rings. The summed E-state index contributed by atoms with van der Waals surface area (Å²) in [6, 6.07) is 2.30. The highest BCUT2D eigenvalue weighted by molar-refractivity contribution is 7.09. The van der Waals surface area contributed by atoms with E-state index in [0.29, 0.717) is 0 Å². The van der Waals surface area contributed by atoms with E-state index in [1.54, 1.807) is 11.3 Å². The molecule has 0 radical (unpaired) electrons. The van der Waals surface area contributed by atoms with Crippen molar-refractivity contribution in [1.29, 1.82) is 0 Å². The number of fused-ring (bicyclic) bond motifs is 2. The van der Waals surface area contributed by atoms with Gasteiger partial charge in [-0.3, -0.25) is 4.90 Å². The summed E-state index contributed by atoms with van der Waals surface area (Å²) in [6.45, 7) is 1.07. The molecule has 17 heavy (non-hydrogen) atoms. The first-order valence-electron chi connectivity index (χ1n) is 6.68. The fourth-order valence-corrected chi connectivity index (χ4v) is 4.08. The van der Waals surface area contributed by atoms with Gasteiger partial charge in [-0.15, -0.1) is 11.3 Å². The molecule has 1 aromatic rings. The Hall–Kier alpha value is -0.450. The minimum Gasteiger partial charge on any atom is -0.317 e. The van der Waals surface area contributed by atoms with E-state index in [-0.39, 0.29) is 0 Å². The van der Waals surface area contributed by atoms with Gasteiger partial charge in [0.25, 0.3) is 0 Å². The zero-order chi connectivity index (χ0) is 11.7. The maximum Gasteiger partial charge on any atom is 0.107 e. The SMILES string of the molecule is CNC1CC2CCCC(C1)N2Cc1nccs1. The Bertz CT molecular complexity index is 338. The molecule has 3 rings (SSSR count). The molecule has 2 bridgehead atoms. The third kappa shape index (κ3) is 2.39. The summed E-state index contributed by atoms with van der Waals surface area (Å²) >= 11 is 1.79. The molecule has 2 atom stereocenters. The number of rotatable bonds is 3. The van der Waals surface area contributed by atoms with E-state index in [0.717, 1.165) is 24.7 Å². The molecule has 2 fully saturated rings. The molecule has 1 aromatic heterocycles. The van der Waals surface area contributed by atoms with Gasteiger partial charge in [0.05, 0.1) is 6.54 Å². The number of nitrogens with one attached hydrogen (secondary N) is 1. The standard InChI is InChI=1S/C13H21N3S/c1-14-10-7-11-3-2-4-12(8-10)16(11)9-13-15-5-6-17-13/h5-6,10-12,14H,2-4,7-9H2,1H3. The first-order chi connectivity index (χ1) is 8.36. The van der Waals surface area contributed by atoms with Gasteiger partial charge in [-0.25, -0.2) is 4.98 Å². The third-order valence-electron chi connectivity index (χ3n) is 4.34. The monoisotopic (exact) mass is 251 g/mol. The lowest BCUT2D eigenvalue weighted by molar-refractivity contribution is 0.0190. The van der Waals surface area contributed by atoms with Crippen molar-refractivity contribution in [2.75, 3.05) is 7.05 Å². The molecular weight excluding hydrogens is 230 g/mol. The molecule has 3 nitrogen and oxygen atoms in total. The van der Waals surface area contributed by atoms with Crippen LogP contribution >= 0.6 is 11.3 Å². The van der Waals surface area contributed by atoms with Crippen LogP contribution in [0.2, 0.25) is 0 Å². The van der Waals surface area contributed by atoms with Crippen molar-refractivity contribution in [3.05, 3.63) is 16.6 Å². The van der Waals surface area contributed by atoms with E-state index in [9.17, 15) is 0 Å². The van der Waals surface area contributed by atoms with E-state index >= 15 is 0 Å². The summed E-state index contributed by atoms with van der Waals surface area (Å²) in [4.78, 5) is 7.16. The zero-order valence-electron chi connectivity index (χ0n) is 10.4. The summed E-state index contributed by atoms with van der Waals surface area (Å²) in [5, 5.41) is 6.84. The van der Waals surface area contributed by atoms with Crippen LogP contribution in [-0.4, -0.2) is 35.1 Å². The van der Waals surface area contributed by atoms with Crippen LogP contribution < -0.4 is 5.32 Å². The van der Waals surface area contributed by atoms with Gasteiger partial charge < -0.3 is 5.32 Å². The van der Waals surface area contributed by atoms with Crippen molar-refractivity contribution in [3.63, 3.8) is 0 Å². The number of hydrogen-bond acceptors (Lipinski definition) is 4. The number of aromatic nitrogens is 1. The van der Waals surface area contributed by atoms with Crippen molar-refractivity contribution in [2.24, 2.45) is 0 Å². The minimum atomic E-state index is 0.734. The molecule has 0 spiro atoms. The summed E-state index contributed by atoms with van der Waals surface area (Å²) < 4.78 is 0. The summed E-state index contributed by atoms with van der Waals surface area (Å²) in [6.07, 6.45) is 8.73. The highest BCUT2D eigenvalue weighted by atomic mass is 32.1. The first-order valence-corrected chi connectivity index (χ1v) is 7.56. The van der Waals surface area contributed by atoms with Crippen molar-refractivity contribution in [2.45, 2.75) is 56.8 Å². The normalized spacial score (nSPS) is 33.8. The predicted molar refractivity (Wildman–Crippen MR) is 71.2 cm³/mol. The fourth-order valence-electron chi connectivity index (χ4n) is 3.46. The number of hydrogen-bond donors (Lipinski definition) is 1. The molecule has 1 N–H and O–H groups in total. The van der Waals surface area contributed by atoms with Gasteiger partial charge in [0, 0.05) is 29.7 Å². The van der Waals surface area contributed by atoms with Crippen molar-refractivity contribution in [3.8, 4) is 0 Å². The van der Waals surface area contributed by atoms with E-state index in [1.165, 1.54) is 37.1 Å². The quantitative estimate of drug-likeness (QED) is 0.893. The van der Waals surface area contributed by atoms with Gasteiger partial charge in [-0.2, -0.15) is 0 Å². The fraction of sp³-hybridized carbons (Fsp3) is 0.769. The lowest BCUT2D eigenvalue weighted by atomic mass is 9.82. The second kappa shape index (κ2) is 5.04.